The molecule has 0 aromatic carbocycles. The molecule has 0 aliphatic carbocycles. The van der Waals surface area contributed by atoms with Crippen molar-refractivity contribution in [3.8, 4) is 0 Å². The van der Waals surface area contributed by atoms with E-state index in [9.17, 15) is 0 Å². The lowest BCUT2D eigenvalue weighted by Crippen LogP contribution is -2.22. The van der Waals surface area contributed by atoms with Gasteiger partial charge in [-0.05, 0) is 37.8 Å². The minimum absolute atomic E-state index is 0.866. The molecule has 12 heavy (non-hydrogen) atoms. The third-order valence-electron chi connectivity index (χ3n) is 2.97. The van der Waals surface area contributed by atoms with Crippen LogP contribution >= 0.6 is 0 Å². The Labute approximate surface area is 77.1 Å². The van der Waals surface area contributed by atoms with Gasteiger partial charge in [-0.15, -0.1) is 0 Å². The van der Waals surface area contributed by atoms with Crippen molar-refractivity contribution in [3.05, 3.63) is 0 Å². The van der Waals surface area contributed by atoms with Gasteiger partial charge in [0.15, 0.2) is 0 Å². The SMILES string of the molecule is CC[C@@H]1CCN(CCC(C)C)C1. The second-order valence-corrected chi connectivity index (χ2v) is 4.55. The van der Waals surface area contributed by atoms with Crippen LogP contribution in [0, 0.1) is 11.8 Å². The molecular formula is C11H23N. The lowest BCUT2D eigenvalue weighted by molar-refractivity contribution is 0.301. The Morgan fingerprint density at radius 1 is 1.42 bits per heavy atom. The van der Waals surface area contributed by atoms with Gasteiger partial charge in [0.05, 0.1) is 0 Å². The quantitative estimate of drug-likeness (QED) is 0.625. The van der Waals surface area contributed by atoms with Gasteiger partial charge in [-0.25, -0.2) is 0 Å². The van der Waals surface area contributed by atoms with Gasteiger partial charge in [0.2, 0.25) is 0 Å². The van der Waals surface area contributed by atoms with Crippen LogP contribution in [0.25, 0.3) is 0 Å². The highest BCUT2D eigenvalue weighted by molar-refractivity contribution is 4.74. The fourth-order valence-corrected chi connectivity index (χ4v) is 1.89. The third kappa shape index (κ3) is 3.14. The van der Waals surface area contributed by atoms with Crippen molar-refractivity contribution in [1.82, 2.24) is 4.90 Å². The third-order valence-corrected chi connectivity index (χ3v) is 2.97. The molecule has 1 aliphatic rings. The molecule has 1 nitrogen and oxygen atoms in total. The zero-order valence-corrected chi connectivity index (χ0v) is 8.84. The first-order chi connectivity index (χ1) is 5.72. The molecule has 0 aromatic rings. The van der Waals surface area contributed by atoms with Crippen molar-refractivity contribution in [3.63, 3.8) is 0 Å². The molecule has 0 radical (unpaired) electrons. The predicted octanol–water partition coefficient (Wildman–Crippen LogP) is 2.76. The summed E-state index contributed by atoms with van der Waals surface area (Å²) in [4.78, 5) is 2.63. The van der Waals surface area contributed by atoms with Crippen LogP contribution in [0.4, 0.5) is 0 Å². The molecule has 0 unspecified atom stereocenters. The Morgan fingerprint density at radius 3 is 2.67 bits per heavy atom. The summed E-state index contributed by atoms with van der Waals surface area (Å²) in [5.41, 5.74) is 0. The molecular weight excluding hydrogens is 146 g/mol. The van der Waals surface area contributed by atoms with Gasteiger partial charge in [-0.2, -0.15) is 0 Å². The maximum absolute atomic E-state index is 2.63. The summed E-state index contributed by atoms with van der Waals surface area (Å²) < 4.78 is 0. The molecule has 1 saturated heterocycles. The first-order valence-corrected chi connectivity index (χ1v) is 5.44. The van der Waals surface area contributed by atoms with Crippen LogP contribution in [0.2, 0.25) is 0 Å². The van der Waals surface area contributed by atoms with E-state index in [0.717, 1.165) is 11.8 Å². The first-order valence-electron chi connectivity index (χ1n) is 5.44. The summed E-state index contributed by atoms with van der Waals surface area (Å²) in [6, 6.07) is 0. The van der Waals surface area contributed by atoms with Gasteiger partial charge in [-0.3, -0.25) is 0 Å². The molecule has 1 fully saturated rings. The number of nitrogens with zero attached hydrogens (tertiary/aromatic N) is 1. The van der Waals surface area contributed by atoms with Crippen LogP contribution in [0.3, 0.4) is 0 Å². The molecule has 1 atom stereocenters. The number of likely N-dealkylation sites (tertiary alicyclic amines) is 1. The van der Waals surface area contributed by atoms with Crippen molar-refractivity contribution in [2.24, 2.45) is 11.8 Å². The van der Waals surface area contributed by atoms with Crippen molar-refractivity contribution in [2.75, 3.05) is 19.6 Å². The fourth-order valence-electron chi connectivity index (χ4n) is 1.89. The minimum atomic E-state index is 0.866. The van der Waals surface area contributed by atoms with E-state index >= 15 is 0 Å². The first kappa shape index (κ1) is 10.0. The van der Waals surface area contributed by atoms with E-state index in [1.54, 1.807) is 0 Å². The number of hydrogen-bond acceptors (Lipinski definition) is 1. The molecule has 1 heterocycles. The topological polar surface area (TPSA) is 3.24 Å². The smallest absolute Gasteiger partial charge is 0.00100 e. The lowest BCUT2D eigenvalue weighted by Gasteiger charge is -2.16. The highest BCUT2D eigenvalue weighted by atomic mass is 15.1. The molecule has 1 heteroatoms. The van der Waals surface area contributed by atoms with Gasteiger partial charge < -0.3 is 4.90 Å². The number of hydrogen-bond donors (Lipinski definition) is 0. The van der Waals surface area contributed by atoms with E-state index in [2.05, 4.69) is 25.7 Å². The fraction of sp³-hybridized carbons (Fsp3) is 1.00. The largest absolute Gasteiger partial charge is 0.303 e. The second-order valence-electron chi connectivity index (χ2n) is 4.55. The average Bonchev–Trinajstić information content (AvgIpc) is 2.48. The lowest BCUT2D eigenvalue weighted by atomic mass is 10.1. The average molecular weight is 169 g/mol. The molecule has 1 aliphatic heterocycles. The monoisotopic (exact) mass is 169 g/mol. The Bertz CT molecular complexity index is 120. The van der Waals surface area contributed by atoms with Crippen LogP contribution in [0.1, 0.15) is 40.0 Å². The summed E-state index contributed by atoms with van der Waals surface area (Å²) in [6.45, 7) is 11.0. The van der Waals surface area contributed by atoms with E-state index in [-0.39, 0.29) is 0 Å². The summed E-state index contributed by atoms with van der Waals surface area (Å²) in [6.07, 6.45) is 4.18. The highest BCUT2D eigenvalue weighted by Gasteiger charge is 2.20. The van der Waals surface area contributed by atoms with E-state index in [0.29, 0.717) is 0 Å². The van der Waals surface area contributed by atoms with Gasteiger partial charge in [0.25, 0.3) is 0 Å². The normalized spacial score (nSPS) is 25.5. The Morgan fingerprint density at radius 2 is 2.17 bits per heavy atom. The zero-order valence-electron chi connectivity index (χ0n) is 8.84. The molecule has 1 rings (SSSR count). The van der Waals surface area contributed by atoms with Crippen LogP contribution in [0.15, 0.2) is 0 Å². The van der Waals surface area contributed by atoms with Crippen LogP contribution in [-0.4, -0.2) is 24.5 Å². The van der Waals surface area contributed by atoms with Gasteiger partial charge in [0, 0.05) is 6.54 Å². The minimum Gasteiger partial charge on any atom is -0.303 e. The highest BCUT2D eigenvalue weighted by Crippen LogP contribution is 2.19. The molecule has 0 aromatic heterocycles. The Balaban J connectivity index is 2.11. The van der Waals surface area contributed by atoms with Crippen molar-refractivity contribution in [1.29, 1.82) is 0 Å². The summed E-state index contributed by atoms with van der Waals surface area (Å²) >= 11 is 0. The van der Waals surface area contributed by atoms with Gasteiger partial charge in [-0.1, -0.05) is 27.2 Å². The molecule has 0 amide bonds. The summed E-state index contributed by atoms with van der Waals surface area (Å²) in [5.74, 6) is 1.86. The van der Waals surface area contributed by atoms with Gasteiger partial charge >= 0.3 is 0 Å². The molecule has 0 N–H and O–H groups in total. The Hall–Kier alpha value is -0.0400. The van der Waals surface area contributed by atoms with Gasteiger partial charge in [0.1, 0.15) is 0 Å². The van der Waals surface area contributed by atoms with Crippen LogP contribution in [0.5, 0.6) is 0 Å². The molecule has 0 bridgehead atoms. The maximum Gasteiger partial charge on any atom is 0.00100 e. The standard InChI is InChI=1S/C11H23N/c1-4-11-6-8-12(9-11)7-5-10(2)3/h10-11H,4-9H2,1-3H3/t11-/m1/s1. The van der Waals surface area contributed by atoms with Crippen molar-refractivity contribution >= 4 is 0 Å². The van der Waals surface area contributed by atoms with E-state index in [1.165, 1.54) is 38.9 Å². The van der Waals surface area contributed by atoms with Crippen LogP contribution < -0.4 is 0 Å². The van der Waals surface area contributed by atoms with Crippen molar-refractivity contribution in [2.45, 2.75) is 40.0 Å². The second kappa shape index (κ2) is 4.86. The number of rotatable bonds is 4. The zero-order chi connectivity index (χ0) is 8.97. The maximum atomic E-state index is 2.63. The van der Waals surface area contributed by atoms with E-state index in [1.807, 2.05) is 0 Å². The van der Waals surface area contributed by atoms with Crippen LogP contribution in [-0.2, 0) is 0 Å². The summed E-state index contributed by atoms with van der Waals surface area (Å²) in [7, 11) is 0. The Kier molecular flexibility index (Phi) is 4.07. The predicted molar refractivity (Wildman–Crippen MR) is 54.3 cm³/mol. The van der Waals surface area contributed by atoms with E-state index < -0.39 is 0 Å². The van der Waals surface area contributed by atoms with E-state index in [4.69, 9.17) is 0 Å². The van der Waals surface area contributed by atoms with Crippen molar-refractivity contribution < 1.29 is 0 Å². The molecule has 0 saturated carbocycles. The summed E-state index contributed by atoms with van der Waals surface area (Å²) in [5, 5.41) is 0. The molecule has 0 spiro atoms. The molecule has 72 valence electrons.